The predicted octanol–water partition coefficient (Wildman–Crippen LogP) is 3.00. The smallest absolute Gasteiger partial charge is 0.355 e. The lowest BCUT2D eigenvalue weighted by Gasteiger charge is -2.04. The Kier molecular flexibility index (Phi) is 3.19. The number of anilines is 2. The number of carboxylic acid groups (broad SMARTS) is 1. The molecule has 0 aliphatic heterocycles. The molecule has 4 nitrogen and oxygen atoms in total. The summed E-state index contributed by atoms with van der Waals surface area (Å²) in [5.74, 6) is -4.75. The van der Waals surface area contributed by atoms with Gasteiger partial charge in [0.2, 0.25) is 0 Å². The van der Waals surface area contributed by atoms with Gasteiger partial charge in [0.05, 0.1) is 5.69 Å². The highest BCUT2D eigenvalue weighted by molar-refractivity contribution is 7.14. The normalized spacial score (nSPS) is 10.4. The molecule has 0 amide bonds. The Bertz CT molecular complexity index is 615. The van der Waals surface area contributed by atoms with Gasteiger partial charge in [0.1, 0.15) is 5.82 Å². The second-order valence-corrected chi connectivity index (χ2v) is 4.07. The molecule has 0 fully saturated rings. The first kappa shape index (κ1) is 12.4. The average molecular weight is 274 g/mol. The van der Waals surface area contributed by atoms with E-state index >= 15 is 0 Å². The first-order valence-corrected chi connectivity index (χ1v) is 5.45. The number of aromatic carboxylic acids is 1. The molecule has 0 saturated carbocycles. The maximum Gasteiger partial charge on any atom is 0.355 e. The molecule has 0 atom stereocenters. The van der Waals surface area contributed by atoms with E-state index in [-0.39, 0.29) is 16.5 Å². The molecule has 1 aromatic heterocycles. The van der Waals surface area contributed by atoms with Gasteiger partial charge < -0.3 is 10.4 Å². The summed E-state index contributed by atoms with van der Waals surface area (Å²) in [6.07, 6.45) is 0. The molecule has 94 valence electrons. The molecule has 0 aliphatic carbocycles. The van der Waals surface area contributed by atoms with Crippen LogP contribution in [0, 0.1) is 17.5 Å². The van der Waals surface area contributed by atoms with Crippen LogP contribution < -0.4 is 5.32 Å². The summed E-state index contributed by atoms with van der Waals surface area (Å²) in [4.78, 5) is 14.2. The lowest BCUT2D eigenvalue weighted by molar-refractivity contribution is 0.0691. The maximum absolute atomic E-state index is 13.3. The SMILES string of the molecule is O=C(O)c1csc(Nc2cc(F)c(F)cc2F)n1. The van der Waals surface area contributed by atoms with Crippen LogP contribution in [-0.4, -0.2) is 16.1 Å². The van der Waals surface area contributed by atoms with Gasteiger partial charge in [-0.1, -0.05) is 0 Å². The summed E-state index contributed by atoms with van der Waals surface area (Å²) in [6, 6.07) is 1.02. The van der Waals surface area contributed by atoms with Crippen LogP contribution >= 0.6 is 11.3 Å². The summed E-state index contributed by atoms with van der Waals surface area (Å²) >= 11 is 0.906. The second-order valence-electron chi connectivity index (χ2n) is 3.21. The summed E-state index contributed by atoms with van der Waals surface area (Å²) in [5, 5.41) is 12.3. The van der Waals surface area contributed by atoms with Gasteiger partial charge in [-0.05, 0) is 0 Å². The van der Waals surface area contributed by atoms with Gasteiger partial charge in [-0.25, -0.2) is 22.9 Å². The van der Waals surface area contributed by atoms with Crippen molar-refractivity contribution in [2.45, 2.75) is 0 Å². The molecule has 2 rings (SSSR count). The van der Waals surface area contributed by atoms with Gasteiger partial charge >= 0.3 is 5.97 Å². The zero-order valence-corrected chi connectivity index (χ0v) is 9.39. The Morgan fingerprint density at radius 1 is 1.22 bits per heavy atom. The molecule has 1 heterocycles. The third-order valence-electron chi connectivity index (χ3n) is 1.97. The molecule has 0 bridgehead atoms. The molecule has 0 radical (unpaired) electrons. The summed E-state index contributed by atoms with van der Waals surface area (Å²) < 4.78 is 38.9. The molecule has 2 aromatic rings. The fourth-order valence-electron chi connectivity index (χ4n) is 1.16. The van der Waals surface area contributed by atoms with Crippen molar-refractivity contribution < 1.29 is 23.1 Å². The summed E-state index contributed by atoms with van der Waals surface area (Å²) in [6.45, 7) is 0. The van der Waals surface area contributed by atoms with Crippen LogP contribution in [0.1, 0.15) is 10.5 Å². The topological polar surface area (TPSA) is 62.2 Å². The molecule has 0 aliphatic rings. The van der Waals surface area contributed by atoms with Gasteiger partial charge in [0, 0.05) is 17.5 Å². The summed E-state index contributed by atoms with van der Waals surface area (Å²) in [7, 11) is 0. The Labute approximate surface area is 103 Å². The van der Waals surface area contributed by atoms with Crippen molar-refractivity contribution in [1.82, 2.24) is 4.98 Å². The number of hydrogen-bond donors (Lipinski definition) is 2. The van der Waals surface area contributed by atoms with E-state index in [1.165, 1.54) is 5.38 Å². The number of nitrogens with one attached hydrogen (secondary N) is 1. The molecule has 8 heteroatoms. The monoisotopic (exact) mass is 274 g/mol. The van der Waals surface area contributed by atoms with Crippen LogP contribution in [0.5, 0.6) is 0 Å². The Balaban J connectivity index is 2.28. The molecule has 0 spiro atoms. The van der Waals surface area contributed by atoms with Gasteiger partial charge in [-0.3, -0.25) is 0 Å². The first-order valence-electron chi connectivity index (χ1n) is 4.58. The highest BCUT2D eigenvalue weighted by atomic mass is 32.1. The van der Waals surface area contributed by atoms with Crippen LogP contribution in [-0.2, 0) is 0 Å². The number of carboxylic acids is 1. The molecule has 18 heavy (non-hydrogen) atoms. The molecule has 0 saturated heterocycles. The van der Waals surface area contributed by atoms with Crippen molar-refractivity contribution in [3.63, 3.8) is 0 Å². The third kappa shape index (κ3) is 2.43. The number of thiazole rings is 1. The number of carbonyl (C=O) groups is 1. The van der Waals surface area contributed by atoms with E-state index < -0.39 is 23.4 Å². The van der Waals surface area contributed by atoms with Gasteiger partial charge in [-0.2, -0.15) is 0 Å². The quantitative estimate of drug-likeness (QED) is 0.844. The van der Waals surface area contributed by atoms with E-state index in [2.05, 4.69) is 10.3 Å². The van der Waals surface area contributed by atoms with Crippen LogP contribution in [0.15, 0.2) is 17.5 Å². The van der Waals surface area contributed by atoms with E-state index in [0.29, 0.717) is 12.1 Å². The van der Waals surface area contributed by atoms with Crippen molar-refractivity contribution in [2.75, 3.05) is 5.32 Å². The van der Waals surface area contributed by atoms with Crippen molar-refractivity contribution in [2.24, 2.45) is 0 Å². The van der Waals surface area contributed by atoms with Gasteiger partial charge in [-0.15, -0.1) is 11.3 Å². The Morgan fingerprint density at radius 2 is 1.89 bits per heavy atom. The Hall–Kier alpha value is -2.09. The Morgan fingerprint density at radius 3 is 2.50 bits per heavy atom. The van der Waals surface area contributed by atoms with E-state index in [0.717, 1.165) is 11.3 Å². The van der Waals surface area contributed by atoms with Crippen LogP contribution in [0.2, 0.25) is 0 Å². The number of hydrogen-bond acceptors (Lipinski definition) is 4. The molecule has 2 N–H and O–H groups in total. The first-order chi connectivity index (χ1) is 8.47. The van der Waals surface area contributed by atoms with Crippen LogP contribution in [0.4, 0.5) is 24.0 Å². The molecule has 1 aromatic carbocycles. The second kappa shape index (κ2) is 4.65. The standard InChI is InChI=1S/C10H5F3N2O2S/c11-4-1-6(13)7(2-5(4)12)14-10-15-8(3-18-10)9(16)17/h1-3H,(H,14,15)(H,16,17). The van der Waals surface area contributed by atoms with E-state index in [4.69, 9.17) is 5.11 Å². The van der Waals surface area contributed by atoms with E-state index in [1.54, 1.807) is 0 Å². The number of benzene rings is 1. The minimum Gasteiger partial charge on any atom is -0.476 e. The lowest BCUT2D eigenvalue weighted by atomic mass is 10.3. The number of halogens is 3. The highest BCUT2D eigenvalue weighted by Crippen LogP contribution is 2.25. The van der Waals surface area contributed by atoms with Crippen molar-refractivity contribution >= 4 is 28.1 Å². The van der Waals surface area contributed by atoms with Crippen LogP contribution in [0.3, 0.4) is 0 Å². The van der Waals surface area contributed by atoms with Crippen molar-refractivity contribution in [1.29, 1.82) is 0 Å². The average Bonchev–Trinajstić information content (AvgIpc) is 2.74. The third-order valence-corrected chi connectivity index (χ3v) is 2.73. The van der Waals surface area contributed by atoms with E-state index in [9.17, 15) is 18.0 Å². The predicted molar refractivity (Wildman–Crippen MR) is 58.7 cm³/mol. The number of rotatable bonds is 3. The summed E-state index contributed by atoms with van der Waals surface area (Å²) in [5.41, 5.74) is -0.536. The molecule has 0 unspecified atom stereocenters. The number of aromatic nitrogens is 1. The largest absolute Gasteiger partial charge is 0.476 e. The lowest BCUT2D eigenvalue weighted by Crippen LogP contribution is -1.99. The fourth-order valence-corrected chi connectivity index (χ4v) is 1.86. The number of nitrogens with zero attached hydrogens (tertiary/aromatic N) is 1. The fraction of sp³-hybridized carbons (Fsp3) is 0. The minimum absolute atomic E-state index is 0.0670. The molecular formula is C10H5F3N2O2S. The maximum atomic E-state index is 13.3. The van der Waals surface area contributed by atoms with Crippen molar-refractivity contribution in [3.05, 3.63) is 40.7 Å². The van der Waals surface area contributed by atoms with Crippen molar-refractivity contribution in [3.8, 4) is 0 Å². The zero-order chi connectivity index (χ0) is 13.3. The molecular weight excluding hydrogens is 269 g/mol. The van der Waals surface area contributed by atoms with E-state index in [1.807, 2.05) is 0 Å². The van der Waals surface area contributed by atoms with Crippen LogP contribution in [0.25, 0.3) is 0 Å². The highest BCUT2D eigenvalue weighted by Gasteiger charge is 2.13. The minimum atomic E-state index is -1.30. The van der Waals surface area contributed by atoms with Gasteiger partial charge in [0.25, 0.3) is 0 Å². The van der Waals surface area contributed by atoms with Gasteiger partial charge in [0.15, 0.2) is 22.5 Å². The zero-order valence-electron chi connectivity index (χ0n) is 8.58.